The van der Waals surface area contributed by atoms with Crippen molar-refractivity contribution in [2.75, 3.05) is 32.6 Å². The number of pyridine rings is 1. The van der Waals surface area contributed by atoms with Crippen LogP contribution in [0.25, 0.3) is 0 Å². The molecule has 0 aliphatic carbocycles. The van der Waals surface area contributed by atoms with Gasteiger partial charge in [-0.05, 0) is 18.1 Å². The maximum absolute atomic E-state index is 11.7. The van der Waals surface area contributed by atoms with Crippen LogP contribution in [0.4, 0.5) is 5.82 Å². The lowest BCUT2D eigenvalue weighted by Crippen LogP contribution is -2.24. The molecule has 0 amide bonds. The van der Waals surface area contributed by atoms with Gasteiger partial charge in [0.1, 0.15) is 5.82 Å². The zero-order valence-electron chi connectivity index (χ0n) is 12.0. The molecule has 2 atom stereocenters. The Morgan fingerprint density at radius 2 is 2.30 bits per heavy atom. The summed E-state index contributed by atoms with van der Waals surface area (Å²) in [5, 5.41) is 3.65. The Balaban J connectivity index is 2.06. The topological polar surface area (TPSA) is 54.5 Å². The monoisotopic (exact) mass is 297 g/mol. The summed E-state index contributed by atoms with van der Waals surface area (Å²) in [5.41, 5.74) is 0.830. The van der Waals surface area contributed by atoms with E-state index >= 15 is 0 Å². The molecule has 6 heteroatoms. The van der Waals surface area contributed by atoms with Crippen molar-refractivity contribution >= 4 is 23.4 Å². The summed E-state index contributed by atoms with van der Waals surface area (Å²) in [7, 11) is 3.26. The fraction of sp³-hybridized carbons (Fsp3) is 0.571. The van der Waals surface area contributed by atoms with Crippen molar-refractivity contribution in [3.05, 3.63) is 22.8 Å². The molecule has 5 nitrogen and oxygen atoms in total. The third-order valence-corrected chi connectivity index (χ3v) is 4.08. The summed E-state index contributed by atoms with van der Waals surface area (Å²) in [4.78, 5) is 18.4. The SMILES string of the molecule is CNc1ccc(Cl)c(CN2CC(C)C(C(=O)OC)C2)n1. The number of nitrogens with one attached hydrogen (secondary N) is 1. The summed E-state index contributed by atoms with van der Waals surface area (Å²) < 4.78 is 4.85. The van der Waals surface area contributed by atoms with Crippen molar-refractivity contribution in [2.24, 2.45) is 11.8 Å². The normalized spacial score (nSPS) is 22.8. The standard InChI is InChI=1S/C14H20ClN3O2/c1-9-6-18(7-10(9)14(19)20-3)8-12-11(15)4-5-13(16-2)17-12/h4-5,9-10H,6-8H2,1-3H3,(H,16,17). The average Bonchev–Trinajstić information content (AvgIpc) is 2.81. The zero-order chi connectivity index (χ0) is 14.7. The Bertz CT molecular complexity index is 495. The van der Waals surface area contributed by atoms with Gasteiger partial charge in [0.15, 0.2) is 0 Å². The van der Waals surface area contributed by atoms with Gasteiger partial charge in [-0.3, -0.25) is 9.69 Å². The van der Waals surface area contributed by atoms with E-state index in [0.29, 0.717) is 18.1 Å². The van der Waals surface area contributed by atoms with Crippen molar-refractivity contribution in [3.63, 3.8) is 0 Å². The van der Waals surface area contributed by atoms with Crippen LogP contribution in [0.3, 0.4) is 0 Å². The molecular formula is C14H20ClN3O2. The molecule has 110 valence electrons. The molecule has 1 N–H and O–H groups in total. The Kier molecular flexibility index (Phi) is 4.83. The molecule has 1 aromatic heterocycles. The van der Waals surface area contributed by atoms with Crippen LogP contribution < -0.4 is 5.32 Å². The number of methoxy groups -OCH3 is 1. The maximum atomic E-state index is 11.7. The van der Waals surface area contributed by atoms with E-state index in [1.54, 1.807) is 0 Å². The molecule has 0 radical (unpaired) electrons. The van der Waals surface area contributed by atoms with Crippen LogP contribution in [0.2, 0.25) is 5.02 Å². The van der Waals surface area contributed by atoms with Crippen molar-refractivity contribution in [1.82, 2.24) is 9.88 Å². The number of carbonyl (C=O) groups excluding carboxylic acids is 1. The number of ether oxygens (including phenoxy) is 1. The number of rotatable bonds is 4. The quantitative estimate of drug-likeness (QED) is 0.862. The van der Waals surface area contributed by atoms with Crippen LogP contribution in [-0.4, -0.2) is 43.1 Å². The van der Waals surface area contributed by atoms with E-state index < -0.39 is 0 Å². The highest BCUT2D eigenvalue weighted by Gasteiger charge is 2.35. The van der Waals surface area contributed by atoms with Gasteiger partial charge in [-0.1, -0.05) is 18.5 Å². The van der Waals surface area contributed by atoms with E-state index in [1.807, 2.05) is 19.2 Å². The lowest BCUT2D eigenvalue weighted by atomic mass is 9.99. The molecular weight excluding hydrogens is 278 g/mol. The minimum Gasteiger partial charge on any atom is -0.469 e. The number of anilines is 1. The summed E-state index contributed by atoms with van der Waals surface area (Å²) in [5.74, 6) is 0.879. The number of aromatic nitrogens is 1. The molecule has 2 rings (SSSR count). The number of esters is 1. The minimum absolute atomic E-state index is 0.0636. The van der Waals surface area contributed by atoms with E-state index in [-0.39, 0.29) is 17.8 Å². The second kappa shape index (κ2) is 6.41. The van der Waals surface area contributed by atoms with Crippen LogP contribution in [0, 0.1) is 11.8 Å². The molecule has 1 aromatic rings. The molecule has 1 aliphatic rings. The van der Waals surface area contributed by atoms with E-state index in [9.17, 15) is 4.79 Å². The van der Waals surface area contributed by atoms with Gasteiger partial charge in [0, 0.05) is 26.7 Å². The molecule has 0 spiro atoms. The van der Waals surface area contributed by atoms with E-state index in [4.69, 9.17) is 16.3 Å². The number of carbonyl (C=O) groups is 1. The zero-order valence-corrected chi connectivity index (χ0v) is 12.8. The first kappa shape index (κ1) is 15.1. The number of nitrogens with zero attached hydrogens (tertiary/aromatic N) is 2. The fourth-order valence-corrected chi connectivity index (χ4v) is 2.77. The summed E-state index contributed by atoms with van der Waals surface area (Å²) in [6.45, 7) is 4.25. The van der Waals surface area contributed by atoms with Gasteiger partial charge in [0.05, 0.1) is 23.7 Å². The molecule has 0 bridgehead atoms. The Hall–Kier alpha value is -1.33. The number of hydrogen-bond donors (Lipinski definition) is 1. The van der Waals surface area contributed by atoms with Crippen molar-refractivity contribution in [3.8, 4) is 0 Å². The first-order valence-corrected chi connectivity index (χ1v) is 7.06. The predicted octanol–water partition coefficient (Wildman–Crippen LogP) is 2.02. The van der Waals surface area contributed by atoms with Gasteiger partial charge >= 0.3 is 5.97 Å². The maximum Gasteiger partial charge on any atom is 0.310 e. The number of halogens is 1. The molecule has 1 fully saturated rings. The average molecular weight is 298 g/mol. The van der Waals surface area contributed by atoms with Crippen LogP contribution in [0.5, 0.6) is 0 Å². The highest BCUT2D eigenvalue weighted by Crippen LogP contribution is 2.27. The van der Waals surface area contributed by atoms with Gasteiger partial charge in [-0.15, -0.1) is 0 Å². The molecule has 2 heterocycles. The van der Waals surface area contributed by atoms with Crippen molar-refractivity contribution < 1.29 is 9.53 Å². The van der Waals surface area contributed by atoms with Crippen LogP contribution in [-0.2, 0) is 16.1 Å². The highest BCUT2D eigenvalue weighted by atomic mass is 35.5. The van der Waals surface area contributed by atoms with Crippen LogP contribution >= 0.6 is 11.6 Å². The summed E-state index contributed by atoms with van der Waals surface area (Å²) in [6, 6.07) is 3.68. The number of likely N-dealkylation sites (tertiary alicyclic amines) is 1. The first-order chi connectivity index (χ1) is 9.55. The Morgan fingerprint density at radius 1 is 1.55 bits per heavy atom. The molecule has 0 saturated carbocycles. The summed E-state index contributed by atoms with van der Waals surface area (Å²) >= 11 is 6.19. The highest BCUT2D eigenvalue weighted by molar-refractivity contribution is 6.31. The second-order valence-electron chi connectivity index (χ2n) is 5.18. The Morgan fingerprint density at radius 3 is 2.95 bits per heavy atom. The molecule has 2 unspecified atom stereocenters. The lowest BCUT2D eigenvalue weighted by Gasteiger charge is -2.16. The van der Waals surface area contributed by atoms with Crippen LogP contribution in [0.15, 0.2) is 12.1 Å². The largest absolute Gasteiger partial charge is 0.469 e. The molecule has 1 saturated heterocycles. The van der Waals surface area contributed by atoms with E-state index in [1.165, 1.54) is 7.11 Å². The first-order valence-electron chi connectivity index (χ1n) is 6.68. The number of hydrogen-bond acceptors (Lipinski definition) is 5. The minimum atomic E-state index is -0.136. The van der Waals surface area contributed by atoms with E-state index in [0.717, 1.165) is 18.1 Å². The van der Waals surface area contributed by atoms with Gasteiger partial charge < -0.3 is 10.1 Å². The molecule has 1 aliphatic heterocycles. The molecule has 0 aromatic carbocycles. The fourth-order valence-electron chi connectivity index (χ4n) is 2.60. The smallest absolute Gasteiger partial charge is 0.310 e. The predicted molar refractivity (Wildman–Crippen MR) is 78.7 cm³/mol. The second-order valence-corrected chi connectivity index (χ2v) is 5.58. The molecule has 20 heavy (non-hydrogen) atoms. The Labute approximate surface area is 124 Å². The van der Waals surface area contributed by atoms with Gasteiger partial charge in [0.25, 0.3) is 0 Å². The van der Waals surface area contributed by atoms with Crippen molar-refractivity contribution in [1.29, 1.82) is 0 Å². The van der Waals surface area contributed by atoms with Crippen molar-refractivity contribution in [2.45, 2.75) is 13.5 Å². The van der Waals surface area contributed by atoms with Gasteiger partial charge in [0.2, 0.25) is 0 Å². The van der Waals surface area contributed by atoms with E-state index in [2.05, 4.69) is 22.1 Å². The van der Waals surface area contributed by atoms with Crippen LogP contribution in [0.1, 0.15) is 12.6 Å². The third kappa shape index (κ3) is 3.22. The van der Waals surface area contributed by atoms with Gasteiger partial charge in [-0.2, -0.15) is 0 Å². The third-order valence-electron chi connectivity index (χ3n) is 3.74. The van der Waals surface area contributed by atoms with Gasteiger partial charge in [-0.25, -0.2) is 4.98 Å². The lowest BCUT2D eigenvalue weighted by molar-refractivity contribution is -0.146. The summed E-state index contributed by atoms with van der Waals surface area (Å²) in [6.07, 6.45) is 0.